The van der Waals surface area contributed by atoms with E-state index in [9.17, 15) is 0 Å². The molecule has 2 aromatic carbocycles. The van der Waals surface area contributed by atoms with Crippen molar-refractivity contribution in [3.05, 3.63) is 36.7 Å². The largest absolute Gasteiger partial charge is 0.493 e. The van der Waals surface area contributed by atoms with Crippen LogP contribution in [0.5, 0.6) is 23.1 Å². The molecule has 8 nitrogen and oxygen atoms in total. The van der Waals surface area contributed by atoms with Crippen LogP contribution in [0.4, 0.5) is 11.4 Å². The number of morpholine rings is 1. The Kier molecular flexibility index (Phi) is 5.03. The summed E-state index contributed by atoms with van der Waals surface area (Å²) in [6, 6.07) is 9.20. The second-order valence-electron chi connectivity index (χ2n) is 6.33. The van der Waals surface area contributed by atoms with Gasteiger partial charge in [-0.25, -0.2) is 9.97 Å². The second kappa shape index (κ2) is 7.77. The maximum Gasteiger partial charge on any atom is 0.230 e. The Labute approximate surface area is 162 Å². The highest BCUT2D eigenvalue weighted by Crippen LogP contribution is 2.37. The smallest absolute Gasteiger partial charge is 0.230 e. The van der Waals surface area contributed by atoms with Crippen molar-refractivity contribution in [2.45, 2.75) is 0 Å². The molecule has 1 saturated heterocycles. The highest BCUT2D eigenvalue weighted by molar-refractivity contribution is 5.87. The molecule has 0 amide bonds. The Balaban J connectivity index is 1.70. The summed E-state index contributed by atoms with van der Waals surface area (Å²) >= 11 is 0. The first-order chi connectivity index (χ1) is 13.7. The maximum absolute atomic E-state index is 6.18. The number of methoxy groups -OCH3 is 2. The molecular formula is C20H22N4O4. The zero-order chi connectivity index (χ0) is 19.5. The standard InChI is InChI=1S/C20H22N4O4/c1-25-18-10-14-16(11-19(18)26-2)22-12-23-20(14)28-13-3-4-15(21)17(9-13)24-5-7-27-8-6-24/h3-4,9-12H,5-8,21H2,1-2H3. The summed E-state index contributed by atoms with van der Waals surface area (Å²) in [6.45, 7) is 2.95. The summed E-state index contributed by atoms with van der Waals surface area (Å²) in [4.78, 5) is 10.8. The molecule has 28 heavy (non-hydrogen) atoms. The van der Waals surface area contributed by atoms with Gasteiger partial charge in [0.05, 0.1) is 49.7 Å². The van der Waals surface area contributed by atoms with E-state index in [0.29, 0.717) is 47.5 Å². The predicted octanol–water partition coefficient (Wildman–Crippen LogP) is 2.86. The fourth-order valence-corrected chi connectivity index (χ4v) is 3.22. The lowest BCUT2D eigenvalue weighted by Gasteiger charge is -2.30. The molecule has 1 aliphatic rings. The van der Waals surface area contributed by atoms with Crippen LogP contribution in [0, 0.1) is 0 Å². The summed E-state index contributed by atoms with van der Waals surface area (Å²) in [5.74, 6) is 2.26. The van der Waals surface area contributed by atoms with Gasteiger partial charge in [0.15, 0.2) is 11.5 Å². The lowest BCUT2D eigenvalue weighted by atomic mass is 10.2. The van der Waals surface area contributed by atoms with Gasteiger partial charge in [-0.2, -0.15) is 0 Å². The third-order valence-electron chi connectivity index (χ3n) is 4.67. The van der Waals surface area contributed by atoms with E-state index in [-0.39, 0.29) is 0 Å². The Hall–Kier alpha value is -3.26. The van der Waals surface area contributed by atoms with Crippen LogP contribution in [-0.4, -0.2) is 50.5 Å². The molecule has 1 aliphatic heterocycles. The Bertz CT molecular complexity index is 989. The molecule has 0 spiro atoms. The van der Waals surface area contributed by atoms with Crippen molar-refractivity contribution >= 4 is 22.3 Å². The summed E-state index contributed by atoms with van der Waals surface area (Å²) in [6.07, 6.45) is 1.46. The number of nitrogen functional groups attached to an aromatic ring is 1. The van der Waals surface area contributed by atoms with Crippen molar-refractivity contribution in [1.29, 1.82) is 0 Å². The number of ether oxygens (including phenoxy) is 4. The molecule has 8 heteroatoms. The van der Waals surface area contributed by atoms with E-state index < -0.39 is 0 Å². The van der Waals surface area contributed by atoms with Crippen LogP contribution in [0.1, 0.15) is 0 Å². The number of benzene rings is 2. The predicted molar refractivity (Wildman–Crippen MR) is 107 cm³/mol. The van der Waals surface area contributed by atoms with Gasteiger partial charge in [-0.15, -0.1) is 0 Å². The van der Waals surface area contributed by atoms with Crippen molar-refractivity contribution in [2.24, 2.45) is 0 Å². The molecule has 0 unspecified atom stereocenters. The molecule has 1 fully saturated rings. The first-order valence-electron chi connectivity index (χ1n) is 8.96. The van der Waals surface area contributed by atoms with Crippen LogP contribution in [0.25, 0.3) is 10.9 Å². The molecule has 4 rings (SSSR count). The van der Waals surface area contributed by atoms with E-state index in [0.717, 1.165) is 24.2 Å². The molecule has 3 aromatic rings. The van der Waals surface area contributed by atoms with Crippen molar-refractivity contribution in [3.63, 3.8) is 0 Å². The molecule has 1 aromatic heterocycles. The van der Waals surface area contributed by atoms with Gasteiger partial charge in [-0.3, -0.25) is 0 Å². The van der Waals surface area contributed by atoms with Crippen LogP contribution >= 0.6 is 0 Å². The minimum Gasteiger partial charge on any atom is -0.493 e. The third-order valence-corrected chi connectivity index (χ3v) is 4.67. The van der Waals surface area contributed by atoms with Gasteiger partial charge in [0.2, 0.25) is 5.88 Å². The van der Waals surface area contributed by atoms with Crippen LogP contribution in [0.15, 0.2) is 36.7 Å². The third kappa shape index (κ3) is 3.46. The van der Waals surface area contributed by atoms with Gasteiger partial charge >= 0.3 is 0 Å². The highest BCUT2D eigenvalue weighted by Gasteiger charge is 2.16. The monoisotopic (exact) mass is 382 g/mol. The van der Waals surface area contributed by atoms with Crippen molar-refractivity contribution < 1.29 is 18.9 Å². The topological polar surface area (TPSA) is 92.0 Å². The first-order valence-corrected chi connectivity index (χ1v) is 8.96. The number of nitrogens with zero attached hydrogens (tertiary/aromatic N) is 3. The van der Waals surface area contributed by atoms with E-state index in [1.165, 1.54) is 6.33 Å². The molecule has 0 atom stereocenters. The number of anilines is 2. The normalized spacial score (nSPS) is 14.1. The quantitative estimate of drug-likeness (QED) is 0.674. The van der Waals surface area contributed by atoms with E-state index >= 15 is 0 Å². The van der Waals surface area contributed by atoms with Gasteiger partial charge in [0, 0.05) is 25.2 Å². The first kappa shape index (κ1) is 18.1. The minimum atomic E-state index is 0.434. The molecule has 2 heterocycles. The summed E-state index contributed by atoms with van der Waals surface area (Å²) in [5, 5.41) is 0.727. The molecule has 0 aliphatic carbocycles. The molecule has 146 valence electrons. The number of hydrogen-bond acceptors (Lipinski definition) is 8. The van der Waals surface area contributed by atoms with Crippen molar-refractivity contribution in [3.8, 4) is 23.1 Å². The van der Waals surface area contributed by atoms with Crippen molar-refractivity contribution in [2.75, 3.05) is 51.2 Å². The fourth-order valence-electron chi connectivity index (χ4n) is 3.22. The van der Waals surface area contributed by atoms with Crippen LogP contribution in [0.3, 0.4) is 0 Å². The zero-order valence-corrected chi connectivity index (χ0v) is 15.8. The van der Waals surface area contributed by atoms with Crippen LogP contribution < -0.4 is 24.8 Å². The lowest BCUT2D eigenvalue weighted by molar-refractivity contribution is 0.123. The van der Waals surface area contributed by atoms with Crippen LogP contribution in [0.2, 0.25) is 0 Å². The number of fused-ring (bicyclic) bond motifs is 1. The molecule has 0 saturated carbocycles. The van der Waals surface area contributed by atoms with Gasteiger partial charge in [0.25, 0.3) is 0 Å². The SMILES string of the molecule is COc1cc2ncnc(Oc3ccc(N)c(N4CCOCC4)c3)c2cc1OC. The number of nitrogens with two attached hydrogens (primary N) is 1. The second-order valence-corrected chi connectivity index (χ2v) is 6.33. The molecule has 2 N–H and O–H groups in total. The van der Waals surface area contributed by atoms with Gasteiger partial charge in [0.1, 0.15) is 12.1 Å². The fraction of sp³-hybridized carbons (Fsp3) is 0.300. The lowest BCUT2D eigenvalue weighted by Crippen LogP contribution is -2.36. The number of aromatic nitrogens is 2. The van der Waals surface area contributed by atoms with Gasteiger partial charge < -0.3 is 29.6 Å². The summed E-state index contributed by atoms with van der Waals surface area (Å²) in [5.41, 5.74) is 8.51. The molecule has 0 bridgehead atoms. The van der Waals surface area contributed by atoms with Gasteiger partial charge in [-0.05, 0) is 18.2 Å². The maximum atomic E-state index is 6.18. The van der Waals surface area contributed by atoms with Gasteiger partial charge in [-0.1, -0.05) is 0 Å². The Morgan fingerprint density at radius 1 is 1.00 bits per heavy atom. The van der Waals surface area contributed by atoms with E-state index in [1.807, 2.05) is 24.3 Å². The Morgan fingerprint density at radius 2 is 1.75 bits per heavy atom. The number of rotatable bonds is 5. The minimum absolute atomic E-state index is 0.434. The average Bonchev–Trinajstić information content (AvgIpc) is 2.75. The van der Waals surface area contributed by atoms with Crippen molar-refractivity contribution in [1.82, 2.24) is 9.97 Å². The van der Waals surface area contributed by atoms with E-state index in [4.69, 9.17) is 24.7 Å². The molecular weight excluding hydrogens is 360 g/mol. The van der Waals surface area contributed by atoms with Crippen LogP contribution in [-0.2, 0) is 4.74 Å². The summed E-state index contributed by atoms with van der Waals surface area (Å²) < 4.78 is 22.2. The highest BCUT2D eigenvalue weighted by atomic mass is 16.5. The number of hydrogen-bond donors (Lipinski definition) is 1. The van der Waals surface area contributed by atoms with E-state index in [1.54, 1.807) is 20.3 Å². The summed E-state index contributed by atoms with van der Waals surface area (Å²) in [7, 11) is 3.17. The van der Waals surface area contributed by atoms with E-state index in [2.05, 4.69) is 14.9 Å². The zero-order valence-electron chi connectivity index (χ0n) is 15.8. The molecule has 0 radical (unpaired) electrons. The Morgan fingerprint density at radius 3 is 2.50 bits per heavy atom. The average molecular weight is 382 g/mol.